The molecule has 0 bridgehead atoms. The van der Waals surface area contributed by atoms with Crippen molar-refractivity contribution < 1.29 is 21.9 Å². The molecule has 164 valence electrons. The SMILES string of the molecule is Cc1cc(S(C)(=O)=O)ccc1-c1nncc2cc(Oc3ccc(F)cc3F)c(=O)n(C)c12. The molecule has 0 spiro atoms. The lowest BCUT2D eigenvalue weighted by Gasteiger charge is -2.14. The second-order valence-corrected chi connectivity index (χ2v) is 9.31. The van der Waals surface area contributed by atoms with Gasteiger partial charge >= 0.3 is 0 Å². The number of nitrogens with zero attached hydrogens (tertiary/aromatic N) is 3. The normalized spacial score (nSPS) is 11.7. The van der Waals surface area contributed by atoms with Crippen molar-refractivity contribution in [1.29, 1.82) is 0 Å². The molecule has 0 aliphatic heterocycles. The third-order valence-corrected chi connectivity index (χ3v) is 6.09. The molecule has 10 heteroatoms. The third-order valence-electron chi connectivity index (χ3n) is 4.98. The van der Waals surface area contributed by atoms with Gasteiger partial charge in [-0.05, 0) is 42.8 Å². The Morgan fingerprint density at radius 1 is 1.03 bits per heavy atom. The van der Waals surface area contributed by atoms with Crippen LogP contribution in [0.5, 0.6) is 11.5 Å². The van der Waals surface area contributed by atoms with E-state index in [4.69, 9.17) is 4.74 Å². The van der Waals surface area contributed by atoms with Crippen LogP contribution in [0.3, 0.4) is 0 Å². The molecule has 0 saturated carbocycles. The maximum Gasteiger partial charge on any atom is 0.293 e. The van der Waals surface area contributed by atoms with E-state index < -0.39 is 27.0 Å². The van der Waals surface area contributed by atoms with E-state index in [1.807, 2.05) is 0 Å². The predicted octanol–water partition coefficient (Wildman–Crippen LogP) is 3.78. The number of sulfone groups is 1. The molecule has 2 aromatic heterocycles. The van der Waals surface area contributed by atoms with Gasteiger partial charge in [-0.3, -0.25) is 4.79 Å². The van der Waals surface area contributed by atoms with Crippen molar-refractivity contribution in [1.82, 2.24) is 14.8 Å². The maximum atomic E-state index is 14.0. The molecule has 0 N–H and O–H groups in total. The second kappa shape index (κ2) is 7.79. The molecule has 0 fully saturated rings. The fraction of sp³-hybridized carbons (Fsp3) is 0.136. The fourth-order valence-corrected chi connectivity index (χ4v) is 4.09. The first-order valence-corrected chi connectivity index (χ1v) is 11.2. The van der Waals surface area contributed by atoms with Gasteiger partial charge in [0.25, 0.3) is 5.56 Å². The number of hydrogen-bond acceptors (Lipinski definition) is 6. The molecule has 7 nitrogen and oxygen atoms in total. The quantitative estimate of drug-likeness (QED) is 0.463. The summed E-state index contributed by atoms with van der Waals surface area (Å²) in [6, 6.07) is 8.78. The smallest absolute Gasteiger partial charge is 0.293 e. The monoisotopic (exact) mass is 457 g/mol. The number of ether oxygens (including phenoxy) is 1. The van der Waals surface area contributed by atoms with E-state index in [9.17, 15) is 22.0 Å². The van der Waals surface area contributed by atoms with Gasteiger partial charge in [-0.1, -0.05) is 6.07 Å². The predicted molar refractivity (Wildman–Crippen MR) is 114 cm³/mol. The Morgan fingerprint density at radius 2 is 1.78 bits per heavy atom. The summed E-state index contributed by atoms with van der Waals surface area (Å²) in [4.78, 5) is 13.1. The number of rotatable bonds is 4. The highest BCUT2D eigenvalue weighted by molar-refractivity contribution is 7.90. The largest absolute Gasteiger partial charge is 0.448 e. The van der Waals surface area contributed by atoms with Crippen LogP contribution in [-0.4, -0.2) is 29.4 Å². The average Bonchev–Trinajstić information content (AvgIpc) is 2.72. The summed E-state index contributed by atoms with van der Waals surface area (Å²) < 4.78 is 57.5. The lowest BCUT2D eigenvalue weighted by atomic mass is 10.0. The summed E-state index contributed by atoms with van der Waals surface area (Å²) >= 11 is 0. The van der Waals surface area contributed by atoms with Gasteiger partial charge in [0.2, 0.25) is 0 Å². The molecule has 4 aromatic rings. The maximum absolute atomic E-state index is 14.0. The summed E-state index contributed by atoms with van der Waals surface area (Å²) in [5, 5.41) is 8.64. The summed E-state index contributed by atoms with van der Waals surface area (Å²) in [6.45, 7) is 1.73. The van der Waals surface area contributed by atoms with E-state index in [2.05, 4.69) is 10.2 Å². The molecule has 0 aliphatic rings. The first kappa shape index (κ1) is 21.6. The highest BCUT2D eigenvalue weighted by atomic mass is 32.2. The standard InChI is InChI=1S/C22H17F2N3O4S/c1-12-8-15(32(3,29)30)5-6-16(12)20-21-13(11-25-26-20)9-19(22(28)27(21)2)31-18-7-4-14(23)10-17(18)24/h4-11H,1-3H3. The number of halogens is 2. The zero-order valence-electron chi connectivity index (χ0n) is 17.3. The van der Waals surface area contributed by atoms with E-state index >= 15 is 0 Å². The van der Waals surface area contributed by atoms with Crippen LogP contribution >= 0.6 is 0 Å². The van der Waals surface area contributed by atoms with E-state index in [1.165, 1.54) is 36.0 Å². The minimum atomic E-state index is -3.39. The number of aromatic nitrogens is 3. The highest BCUT2D eigenvalue weighted by Gasteiger charge is 2.18. The Labute approximate surface area is 181 Å². The van der Waals surface area contributed by atoms with Gasteiger partial charge in [0.15, 0.2) is 27.2 Å². The number of aryl methyl sites for hydroxylation is 2. The van der Waals surface area contributed by atoms with Crippen LogP contribution in [0, 0.1) is 18.6 Å². The summed E-state index contributed by atoms with van der Waals surface area (Å²) in [5.74, 6) is -2.17. The van der Waals surface area contributed by atoms with Crippen LogP contribution in [0.15, 0.2) is 58.4 Å². The van der Waals surface area contributed by atoms with Gasteiger partial charge in [0.05, 0.1) is 16.6 Å². The van der Waals surface area contributed by atoms with Gasteiger partial charge < -0.3 is 9.30 Å². The molecule has 0 amide bonds. The van der Waals surface area contributed by atoms with Gasteiger partial charge in [-0.2, -0.15) is 5.10 Å². The topological polar surface area (TPSA) is 91.2 Å². The van der Waals surface area contributed by atoms with E-state index in [0.29, 0.717) is 33.8 Å². The Balaban J connectivity index is 1.88. The van der Waals surface area contributed by atoms with Crippen molar-refractivity contribution >= 4 is 20.7 Å². The lowest BCUT2D eigenvalue weighted by Crippen LogP contribution is -2.19. The van der Waals surface area contributed by atoms with Crippen LogP contribution in [0.2, 0.25) is 0 Å². The average molecular weight is 457 g/mol. The molecule has 4 rings (SSSR count). The zero-order valence-corrected chi connectivity index (χ0v) is 18.1. The van der Waals surface area contributed by atoms with Crippen LogP contribution < -0.4 is 10.3 Å². The molecule has 0 aliphatic carbocycles. The zero-order chi connectivity index (χ0) is 23.2. The van der Waals surface area contributed by atoms with Crippen LogP contribution in [0.1, 0.15) is 5.56 Å². The molecule has 2 aromatic carbocycles. The Hall–Kier alpha value is -3.66. The number of hydrogen-bond donors (Lipinski definition) is 0. The van der Waals surface area contributed by atoms with Crippen LogP contribution in [0.25, 0.3) is 22.2 Å². The van der Waals surface area contributed by atoms with Gasteiger partial charge in [-0.25, -0.2) is 17.2 Å². The van der Waals surface area contributed by atoms with Crippen LogP contribution in [-0.2, 0) is 16.9 Å². The van der Waals surface area contributed by atoms with Crippen molar-refractivity contribution in [2.24, 2.45) is 7.05 Å². The summed E-state index contributed by atoms with van der Waals surface area (Å²) in [6.07, 6.45) is 2.54. The van der Waals surface area contributed by atoms with Crippen molar-refractivity contribution in [3.63, 3.8) is 0 Å². The Kier molecular flexibility index (Phi) is 5.25. The van der Waals surface area contributed by atoms with Crippen molar-refractivity contribution in [3.05, 3.63) is 76.2 Å². The fourth-order valence-electron chi connectivity index (χ4n) is 3.39. The first-order chi connectivity index (χ1) is 15.1. The van der Waals surface area contributed by atoms with E-state index in [-0.39, 0.29) is 16.4 Å². The Morgan fingerprint density at radius 3 is 2.44 bits per heavy atom. The number of fused-ring (bicyclic) bond motifs is 1. The molecule has 0 atom stereocenters. The lowest BCUT2D eigenvalue weighted by molar-refractivity contribution is 0.430. The third kappa shape index (κ3) is 3.84. The molecule has 0 unspecified atom stereocenters. The molecular weight excluding hydrogens is 440 g/mol. The van der Waals surface area contributed by atoms with Crippen molar-refractivity contribution in [3.8, 4) is 22.8 Å². The van der Waals surface area contributed by atoms with Gasteiger partial charge in [-0.15, -0.1) is 5.10 Å². The minimum absolute atomic E-state index is 0.165. The van der Waals surface area contributed by atoms with E-state index in [0.717, 1.165) is 18.4 Å². The highest BCUT2D eigenvalue weighted by Crippen LogP contribution is 2.31. The first-order valence-electron chi connectivity index (χ1n) is 9.35. The molecule has 2 heterocycles. The number of benzene rings is 2. The molecule has 32 heavy (non-hydrogen) atoms. The minimum Gasteiger partial charge on any atom is -0.448 e. The van der Waals surface area contributed by atoms with Crippen molar-refractivity contribution in [2.75, 3.05) is 6.26 Å². The van der Waals surface area contributed by atoms with Gasteiger partial charge in [0.1, 0.15) is 11.5 Å². The molecule has 0 saturated heterocycles. The summed E-state index contributed by atoms with van der Waals surface area (Å²) in [5.41, 5.74) is 1.48. The van der Waals surface area contributed by atoms with E-state index in [1.54, 1.807) is 13.0 Å². The Bertz CT molecular complexity index is 1550. The molecular formula is C22H17F2N3O4S. The van der Waals surface area contributed by atoms with Gasteiger partial charge in [0, 0.05) is 30.3 Å². The number of pyridine rings is 1. The summed E-state index contributed by atoms with van der Waals surface area (Å²) in [7, 11) is -1.88. The van der Waals surface area contributed by atoms with Crippen LogP contribution in [0.4, 0.5) is 8.78 Å². The molecule has 0 radical (unpaired) electrons. The second-order valence-electron chi connectivity index (χ2n) is 7.30. The van der Waals surface area contributed by atoms with Crippen molar-refractivity contribution in [2.45, 2.75) is 11.8 Å².